The summed E-state index contributed by atoms with van der Waals surface area (Å²) in [6.45, 7) is 14.3. The lowest BCUT2D eigenvalue weighted by Gasteiger charge is -2.47. The number of benzene rings is 1. The second kappa shape index (κ2) is 18.2. The number of amides is 1. The van der Waals surface area contributed by atoms with Crippen LogP contribution < -0.4 is 5.43 Å². The van der Waals surface area contributed by atoms with E-state index in [0.717, 1.165) is 16.5 Å². The number of aliphatic hydroxyl groups excluding tert-OH is 1. The minimum Gasteiger partial charge on any atom is -0.458 e. The quantitative estimate of drug-likeness (QED) is 0.190. The van der Waals surface area contributed by atoms with Crippen molar-refractivity contribution >= 4 is 34.5 Å². The van der Waals surface area contributed by atoms with E-state index in [4.69, 9.17) is 23.7 Å². The molecule has 57 heavy (non-hydrogen) atoms. The van der Waals surface area contributed by atoms with E-state index in [2.05, 4.69) is 10.4 Å². The van der Waals surface area contributed by atoms with Gasteiger partial charge in [0.1, 0.15) is 30.0 Å². The van der Waals surface area contributed by atoms with Crippen LogP contribution in [0.4, 0.5) is 4.79 Å². The molecule has 316 valence electrons. The number of cyclic esters (lactones) is 1. The summed E-state index contributed by atoms with van der Waals surface area (Å²) in [5.74, 6) is -5.08. The predicted octanol–water partition coefficient (Wildman–Crippen LogP) is 4.88. The summed E-state index contributed by atoms with van der Waals surface area (Å²) in [7, 11) is 5.23. The van der Waals surface area contributed by atoms with Crippen molar-refractivity contribution in [1.29, 1.82) is 0 Å². The number of nitrogens with zero attached hydrogens (tertiary/aromatic N) is 3. The highest BCUT2D eigenvalue weighted by Gasteiger charge is 2.61. The van der Waals surface area contributed by atoms with Crippen molar-refractivity contribution in [1.82, 2.24) is 20.3 Å². The van der Waals surface area contributed by atoms with E-state index >= 15 is 0 Å². The van der Waals surface area contributed by atoms with Crippen molar-refractivity contribution < 1.29 is 48.0 Å². The van der Waals surface area contributed by atoms with Gasteiger partial charge < -0.3 is 33.7 Å². The zero-order valence-corrected chi connectivity index (χ0v) is 35.5. The Hall–Kier alpha value is -3.53. The van der Waals surface area contributed by atoms with Crippen molar-refractivity contribution in [3.63, 3.8) is 0 Å². The number of carbonyl (C=O) groups excluding carboxylic acids is 4. The average Bonchev–Trinajstić information content (AvgIpc) is 3.45. The van der Waals surface area contributed by atoms with Gasteiger partial charge in [-0.3, -0.25) is 19.4 Å². The molecule has 5 rings (SSSR count). The maximum absolute atomic E-state index is 14.7. The van der Waals surface area contributed by atoms with Crippen molar-refractivity contribution in [2.24, 2.45) is 23.7 Å². The first-order valence-corrected chi connectivity index (χ1v) is 20.4. The third-order valence-corrected chi connectivity index (χ3v) is 12.7. The number of para-hydroxylation sites is 1. The van der Waals surface area contributed by atoms with E-state index in [0.29, 0.717) is 25.8 Å². The highest BCUT2D eigenvalue weighted by atomic mass is 16.7. The van der Waals surface area contributed by atoms with E-state index in [1.165, 1.54) is 19.0 Å². The standard InChI is InChI=1S/C43H64N4O10/c1-12-33-43(8)37(47(41(52)57-43)45-20-15-16-29-19-21-44-31-18-14-13-17-30(29)31)26(4)34(48)24(2)23-42(7,53-11)38(27(5)35(49)28(6)39(51)55-33)56-40-36(50)32(46(9)10)22-25(3)54-40/h13-14,17-19,21,24-28,32-33,36-38,40,45,50H,12,15-16,20,22-23H2,1-11H3/t24-,25-,26+,27+,28-,32+,33-,36-,37+,38-,40+,42-,43-/m1/s1. The van der Waals surface area contributed by atoms with E-state index in [9.17, 15) is 24.3 Å². The zero-order chi connectivity index (χ0) is 42.0. The Morgan fingerprint density at radius 2 is 1.72 bits per heavy atom. The number of likely N-dealkylation sites (N-methyl/N-ethyl adjacent to an activating group) is 1. The smallest absolute Gasteiger partial charge is 0.425 e. The van der Waals surface area contributed by atoms with Crippen LogP contribution in [0.5, 0.6) is 0 Å². The first-order valence-electron chi connectivity index (χ1n) is 20.4. The van der Waals surface area contributed by atoms with Gasteiger partial charge in [0.05, 0.1) is 23.3 Å². The number of hydrogen-bond acceptors (Lipinski definition) is 13. The Bertz CT molecular complexity index is 1750. The summed E-state index contributed by atoms with van der Waals surface area (Å²) in [5.41, 5.74) is 2.57. The number of pyridine rings is 1. The van der Waals surface area contributed by atoms with Gasteiger partial charge in [-0.2, -0.15) is 0 Å². The lowest BCUT2D eigenvalue weighted by atomic mass is 9.73. The summed E-state index contributed by atoms with van der Waals surface area (Å²) in [5, 5.41) is 13.9. The van der Waals surface area contributed by atoms with E-state index < -0.39 is 83.4 Å². The number of nitrogens with one attached hydrogen (secondary N) is 1. The number of aryl methyl sites for hydroxylation is 1. The fourth-order valence-electron chi connectivity index (χ4n) is 9.38. The second-order valence-electron chi connectivity index (χ2n) is 17.1. The van der Waals surface area contributed by atoms with Crippen LogP contribution in [0.25, 0.3) is 10.9 Å². The van der Waals surface area contributed by atoms with Gasteiger partial charge in [0, 0.05) is 49.0 Å². The summed E-state index contributed by atoms with van der Waals surface area (Å²) in [6, 6.07) is 8.76. The molecule has 13 atom stereocenters. The highest BCUT2D eigenvalue weighted by Crippen LogP contribution is 2.42. The molecule has 0 saturated carbocycles. The first kappa shape index (κ1) is 44.6. The van der Waals surface area contributed by atoms with Crippen molar-refractivity contribution in [2.45, 2.75) is 141 Å². The molecule has 1 aromatic carbocycles. The number of Topliss-reactive ketones (excluding diaryl/α,β-unsaturated/α-hetero) is 2. The molecule has 3 aliphatic rings. The van der Waals surface area contributed by atoms with Crippen LogP contribution in [0.1, 0.15) is 86.6 Å². The van der Waals surface area contributed by atoms with Gasteiger partial charge in [-0.15, -0.1) is 0 Å². The van der Waals surface area contributed by atoms with Gasteiger partial charge >= 0.3 is 12.1 Å². The summed E-state index contributed by atoms with van der Waals surface area (Å²) >= 11 is 0. The minimum absolute atomic E-state index is 0.117. The lowest BCUT2D eigenvalue weighted by molar-refractivity contribution is -0.295. The van der Waals surface area contributed by atoms with Crippen LogP contribution in [0.3, 0.4) is 0 Å². The van der Waals surface area contributed by atoms with E-state index in [1.807, 2.05) is 63.2 Å². The molecule has 4 heterocycles. The van der Waals surface area contributed by atoms with Gasteiger partial charge in [-0.25, -0.2) is 15.2 Å². The van der Waals surface area contributed by atoms with Crippen LogP contribution in [0.15, 0.2) is 36.5 Å². The fraction of sp³-hybridized carbons (Fsp3) is 0.698. The van der Waals surface area contributed by atoms with Gasteiger partial charge in [0.15, 0.2) is 17.7 Å². The number of aromatic nitrogens is 1. The molecule has 2 aromatic rings. The topological polar surface area (TPSA) is 166 Å². The van der Waals surface area contributed by atoms with Crippen molar-refractivity contribution in [2.75, 3.05) is 27.7 Å². The molecule has 0 spiro atoms. The molecule has 3 aliphatic heterocycles. The van der Waals surface area contributed by atoms with E-state index in [1.54, 1.807) is 40.8 Å². The monoisotopic (exact) mass is 796 g/mol. The number of hydrogen-bond donors (Lipinski definition) is 2. The maximum Gasteiger partial charge on any atom is 0.425 e. The van der Waals surface area contributed by atoms with Gasteiger partial charge in [0.25, 0.3) is 0 Å². The van der Waals surface area contributed by atoms with Crippen LogP contribution >= 0.6 is 0 Å². The van der Waals surface area contributed by atoms with Crippen molar-refractivity contribution in [3.8, 4) is 0 Å². The number of ether oxygens (including phenoxy) is 5. The van der Waals surface area contributed by atoms with Crippen LogP contribution in [0, 0.1) is 23.7 Å². The highest BCUT2D eigenvalue weighted by molar-refractivity contribution is 6.00. The number of fused-ring (bicyclic) bond motifs is 2. The molecule has 0 aliphatic carbocycles. The molecule has 3 saturated heterocycles. The summed E-state index contributed by atoms with van der Waals surface area (Å²) in [4.78, 5) is 63.1. The minimum atomic E-state index is -1.45. The number of rotatable bonds is 10. The largest absolute Gasteiger partial charge is 0.458 e. The Morgan fingerprint density at radius 1 is 1.02 bits per heavy atom. The number of hydrazine groups is 1. The molecule has 0 radical (unpaired) electrons. The molecule has 3 fully saturated rings. The third-order valence-electron chi connectivity index (χ3n) is 12.7. The average molecular weight is 797 g/mol. The number of aliphatic hydroxyl groups is 1. The van der Waals surface area contributed by atoms with Gasteiger partial charge in [-0.05, 0) is 91.6 Å². The van der Waals surface area contributed by atoms with Gasteiger partial charge in [-0.1, -0.05) is 45.9 Å². The summed E-state index contributed by atoms with van der Waals surface area (Å²) < 4.78 is 31.1. The van der Waals surface area contributed by atoms with Crippen LogP contribution in [-0.4, -0.2) is 125 Å². The van der Waals surface area contributed by atoms with E-state index in [-0.39, 0.29) is 30.8 Å². The normalized spacial score (nSPS) is 37.2. The Labute approximate surface area is 337 Å². The van der Waals surface area contributed by atoms with Gasteiger partial charge in [0.2, 0.25) is 0 Å². The molecule has 14 nitrogen and oxygen atoms in total. The Kier molecular flexibility index (Phi) is 14.2. The first-order chi connectivity index (χ1) is 26.9. The lowest BCUT2D eigenvalue weighted by Crippen LogP contribution is -2.61. The second-order valence-corrected chi connectivity index (χ2v) is 17.1. The Morgan fingerprint density at radius 3 is 2.39 bits per heavy atom. The third kappa shape index (κ3) is 9.06. The molecule has 1 aromatic heterocycles. The molecule has 2 N–H and O–H groups in total. The molecular formula is C43H64N4O10. The predicted molar refractivity (Wildman–Crippen MR) is 213 cm³/mol. The number of ketones is 2. The molecular weight excluding hydrogens is 732 g/mol. The van der Waals surface area contributed by atoms with Crippen molar-refractivity contribution in [3.05, 3.63) is 42.1 Å². The summed E-state index contributed by atoms with van der Waals surface area (Å²) in [6.07, 6.45) is -1.07. The number of esters is 1. The van der Waals surface area contributed by atoms with Crippen LogP contribution in [0.2, 0.25) is 0 Å². The molecule has 1 amide bonds. The molecule has 0 bridgehead atoms. The SMILES string of the molecule is CC[C@H]1OC(=O)[C@H](C)C(=O)[C@H](C)[C@@H](O[C@@H]2O[C@H](C)C[C@H](N(C)C)[C@H]2O)[C@](C)(OC)C[C@@H](C)C(=O)[C@H](C)[C@@H]2N(NCCCc3ccnc4ccccc34)C(=O)O[C@@]21C. The Balaban J connectivity index is 1.47. The maximum atomic E-state index is 14.7. The number of methoxy groups -OCH3 is 1. The van der Waals surface area contributed by atoms with Crippen LogP contribution in [-0.2, 0) is 44.5 Å². The fourth-order valence-corrected chi connectivity index (χ4v) is 9.38. The molecule has 0 unspecified atom stereocenters. The number of carbonyl (C=O) groups is 4. The molecule has 14 heteroatoms. The zero-order valence-electron chi connectivity index (χ0n) is 35.5.